The molecule has 8 heteroatoms. The highest BCUT2D eigenvalue weighted by Crippen LogP contribution is 2.11. The lowest BCUT2D eigenvalue weighted by Gasteiger charge is -2.01. The van der Waals surface area contributed by atoms with Gasteiger partial charge in [-0.2, -0.15) is 5.10 Å². The van der Waals surface area contributed by atoms with E-state index in [1.54, 1.807) is 13.1 Å². The van der Waals surface area contributed by atoms with E-state index in [0.29, 0.717) is 18.8 Å². The first-order chi connectivity index (χ1) is 10.1. The van der Waals surface area contributed by atoms with Crippen molar-refractivity contribution in [2.75, 3.05) is 18.5 Å². The SMILES string of the molecule is Cn1nc(C(=O)NCCCO)cc1NC(=O)c1ccco1. The molecule has 8 nitrogen and oxygen atoms in total. The number of carbonyl (C=O) groups excluding carboxylic acids is 2. The molecule has 0 saturated carbocycles. The fourth-order valence-electron chi connectivity index (χ4n) is 1.65. The molecule has 0 spiro atoms. The third-order valence-corrected chi connectivity index (χ3v) is 2.72. The van der Waals surface area contributed by atoms with Gasteiger partial charge in [0, 0.05) is 26.3 Å². The highest BCUT2D eigenvalue weighted by atomic mass is 16.3. The van der Waals surface area contributed by atoms with Gasteiger partial charge in [-0.25, -0.2) is 0 Å². The number of aryl methyl sites for hydroxylation is 1. The lowest BCUT2D eigenvalue weighted by atomic mass is 10.3. The molecule has 2 rings (SSSR count). The standard InChI is InChI=1S/C13H16N4O4/c1-17-11(15-13(20)10-4-2-7-21-10)8-9(16-17)12(19)14-5-3-6-18/h2,4,7-8,18H,3,5-6H2,1H3,(H,14,19)(H,15,20). The molecule has 0 aliphatic carbocycles. The molecule has 0 radical (unpaired) electrons. The number of anilines is 1. The van der Waals surface area contributed by atoms with Gasteiger partial charge in [0.05, 0.1) is 6.26 Å². The van der Waals surface area contributed by atoms with Crippen LogP contribution < -0.4 is 10.6 Å². The summed E-state index contributed by atoms with van der Waals surface area (Å²) in [6, 6.07) is 4.61. The molecule has 2 amide bonds. The second-order valence-corrected chi connectivity index (χ2v) is 4.30. The fourth-order valence-corrected chi connectivity index (χ4v) is 1.65. The van der Waals surface area contributed by atoms with Gasteiger partial charge in [-0.15, -0.1) is 0 Å². The van der Waals surface area contributed by atoms with Gasteiger partial charge in [0.15, 0.2) is 11.5 Å². The predicted molar refractivity (Wildman–Crippen MR) is 73.9 cm³/mol. The summed E-state index contributed by atoms with van der Waals surface area (Å²) >= 11 is 0. The van der Waals surface area contributed by atoms with Gasteiger partial charge in [0.1, 0.15) is 5.82 Å². The monoisotopic (exact) mass is 292 g/mol. The first-order valence-electron chi connectivity index (χ1n) is 6.39. The summed E-state index contributed by atoms with van der Waals surface area (Å²) in [5.74, 6) is -0.235. The Labute approximate surface area is 120 Å². The number of furan rings is 1. The Morgan fingerprint density at radius 1 is 1.43 bits per heavy atom. The number of aromatic nitrogens is 2. The number of hydrogen-bond donors (Lipinski definition) is 3. The summed E-state index contributed by atoms with van der Waals surface area (Å²) in [4.78, 5) is 23.6. The summed E-state index contributed by atoms with van der Waals surface area (Å²) in [7, 11) is 1.61. The van der Waals surface area contributed by atoms with E-state index in [0.717, 1.165) is 0 Å². The third-order valence-electron chi connectivity index (χ3n) is 2.72. The summed E-state index contributed by atoms with van der Waals surface area (Å²) in [5, 5.41) is 17.9. The predicted octanol–water partition coefficient (Wildman–Crippen LogP) is 0.378. The van der Waals surface area contributed by atoms with E-state index in [4.69, 9.17) is 9.52 Å². The van der Waals surface area contributed by atoms with Gasteiger partial charge in [0.25, 0.3) is 11.8 Å². The van der Waals surface area contributed by atoms with E-state index < -0.39 is 5.91 Å². The van der Waals surface area contributed by atoms with Crippen molar-refractivity contribution in [3.05, 3.63) is 35.9 Å². The molecule has 0 unspecified atom stereocenters. The minimum absolute atomic E-state index is 0.00690. The lowest BCUT2D eigenvalue weighted by Crippen LogP contribution is -2.25. The molecule has 0 bridgehead atoms. The van der Waals surface area contributed by atoms with Crippen LogP contribution in [0.25, 0.3) is 0 Å². The molecule has 0 atom stereocenters. The maximum absolute atomic E-state index is 11.8. The average Bonchev–Trinajstić information content (AvgIpc) is 3.09. The molecule has 0 aliphatic heterocycles. The van der Waals surface area contributed by atoms with Crippen molar-refractivity contribution in [1.82, 2.24) is 15.1 Å². The van der Waals surface area contributed by atoms with Gasteiger partial charge < -0.3 is 20.2 Å². The van der Waals surface area contributed by atoms with Crippen LogP contribution in [0.15, 0.2) is 28.9 Å². The number of carbonyl (C=O) groups is 2. The van der Waals surface area contributed by atoms with E-state index in [9.17, 15) is 9.59 Å². The zero-order valence-corrected chi connectivity index (χ0v) is 11.5. The van der Waals surface area contributed by atoms with Gasteiger partial charge in [-0.05, 0) is 18.6 Å². The van der Waals surface area contributed by atoms with Crippen LogP contribution in [-0.2, 0) is 7.05 Å². The van der Waals surface area contributed by atoms with Crippen LogP contribution >= 0.6 is 0 Å². The van der Waals surface area contributed by atoms with Gasteiger partial charge >= 0.3 is 0 Å². The Morgan fingerprint density at radius 2 is 2.24 bits per heavy atom. The van der Waals surface area contributed by atoms with Crippen molar-refractivity contribution in [1.29, 1.82) is 0 Å². The topological polar surface area (TPSA) is 109 Å². The highest BCUT2D eigenvalue weighted by molar-refractivity contribution is 6.02. The van der Waals surface area contributed by atoms with E-state index in [1.165, 1.54) is 23.1 Å². The Balaban J connectivity index is 2.02. The van der Waals surface area contributed by atoms with Crippen LogP contribution in [0.4, 0.5) is 5.82 Å². The number of amides is 2. The minimum atomic E-state index is -0.421. The Bertz CT molecular complexity index is 618. The first kappa shape index (κ1) is 14.8. The maximum atomic E-state index is 11.8. The zero-order valence-electron chi connectivity index (χ0n) is 11.5. The Morgan fingerprint density at radius 3 is 2.90 bits per heavy atom. The normalized spacial score (nSPS) is 10.4. The first-order valence-corrected chi connectivity index (χ1v) is 6.39. The van der Waals surface area contributed by atoms with E-state index >= 15 is 0 Å². The molecule has 0 aromatic carbocycles. The number of aliphatic hydroxyl groups is 1. The molecular formula is C13H16N4O4. The molecular weight excluding hydrogens is 276 g/mol. The van der Waals surface area contributed by atoms with Crippen molar-refractivity contribution in [3.63, 3.8) is 0 Å². The number of aliphatic hydroxyl groups excluding tert-OH is 1. The second kappa shape index (κ2) is 6.71. The summed E-state index contributed by atoms with van der Waals surface area (Å²) < 4.78 is 6.37. The summed E-state index contributed by atoms with van der Waals surface area (Å²) in [6.07, 6.45) is 1.87. The van der Waals surface area contributed by atoms with E-state index in [-0.39, 0.29) is 24.0 Å². The average molecular weight is 292 g/mol. The molecule has 2 aromatic heterocycles. The second-order valence-electron chi connectivity index (χ2n) is 4.30. The van der Waals surface area contributed by atoms with Crippen molar-refractivity contribution in [3.8, 4) is 0 Å². The van der Waals surface area contributed by atoms with Gasteiger partial charge in [0.2, 0.25) is 0 Å². The molecule has 21 heavy (non-hydrogen) atoms. The number of nitrogens with zero attached hydrogens (tertiary/aromatic N) is 2. The highest BCUT2D eigenvalue weighted by Gasteiger charge is 2.15. The number of rotatable bonds is 6. The van der Waals surface area contributed by atoms with Crippen molar-refractivity contribution < 1.29 is 19.1 Å². The summed E-state index contributed by atoms with van der Waals surface area (Å²) in [5.41, 5.74) is 0.185. The van der Waals surface area contributed by atoms with E-state index in [1.807, 2.05) is 0 Å². The Kier molecular flexibility index (Phi) is 4.72. The molecule has 0 saturated heterocycles. The van der Waals surface area contributed by atoms with Crippen molar-refractivity contribution in [2.45, 2.75) is 6.42 Å². The van der Waals surface area contributed by atoms with Gasteiger partial charge in [-0.1, -0.05) is 0 Å². The van der Waals surface area contributed by atoms with Crippen molar-refractivity contribution >= 4 is 17.6 Å². The molecule has 3 N–H and O–H groups in total. The third kappa shape index (κ3) is 3.69. The Hall–Kier alpha value is -2.61. The van der Waals surface area contributed by atoms with Crippen LogP contribution in [0.5, 0.6) is 0 Å². The van der Waals surface area contributed by atoms with Crippen LogP contribution in [0, 0.1) is 0 Å². The van der Waals surface area contributed by atoms with Gasteiger partial charge in [-0.3, -0.25) is 14.3 Å². The number of hydrogen-bond acceptors (Lipinski definition) is 5. The fraction of sp³-hybridized carbons (Fsp3) is 0.308. The molecule has 112 valence electrons. The molecule has 0 aliphatic rings. The largest absolute Gasteiger partial charge is 0.459 e. The van der Waals surface area contributed by atoms with Crippen LogP contribution in [0.3, 0.4) is 0 Å². The lowest BCUT2D eigenvalue weighted by molar-refractivity contribution is 0.0944. The van der Waals surface area contributed by atoms with Crippen molar-refractivity contribution in [2.24, 2.45) is 7.05 Å². The molecule has 0 fully saturated rings. The number of nitrogens with one attached hydrogen (secondary N) is 2. The van der Waals surface area contributed by atoms with Crippen LogP contribution in [0.1, 0.15) is 27.5 Å². The van der Waals surface area contributed by atoms with Crippen LogP contribution in [-0.4, -0.2) is 39.9 Å². The molecule has 2 heterocycles. The smallest absolute Gasteiger partial charge is 0.292 e. The summed E-state index contributed by atoms with van der Waals surface area (Å²) in [6.45, 7) is 0.368. The van der Waals surface area contributed by atoms with E-state index in [2.05, 4.69) is 15.7 Å². The maximum Gasteiger partial charge on any atom is 0.292 e. The minimum Gasteiger partial charge on any atom is -0.459 e. The quantitative estimate of drug-likeness (QED) is 0.667. The molecule has 2 aromatic rings. The zero-order chi connectivity index (χ0) is 15.2. The van der Waals surface area contributed by atoms with Crippen LogP contribution in [0.2, 0.25) is 0 Å².